The van der Waals surface area contributed by atoms with Crippen LogP contribution in [0.15, 0.2) is 34.9 Å². The van der Waals surface area contributed by atoms with Gasteiger partial charge in [-0.3, -0.25) is 0 Å². The molecule has 5 heteroatoms. The normalized spacial score (nSPS) is 14.4. The van der Waals surface area contributed by atoms with Crippen molar-refractivity contribution in [1.29, 1.82) is 0 Å². The first-order valence-electron chi connectivity index (χ1n) is 5.91. The third kappa shape index (κ3) is 2.95. The molecular weight excluding hydrogens is 285 g/mol. The number of aliphatic hydroxyl groups is 1. The second kappa shape index (κ2) is 5.97. The molecule has 3 N–H and O–H groups in total. The average Bonchev–Trinajstić information content (AvgIpc) is 2.78. The van der Waals surface area contributed by atoms with Crippen LogP contribution in [0, 0.1) is 6.92 Å². The van der Waals surface area contributed by atoms with E-state index in [1.165, 1.54) is 0 Å². The van der Waals surface area contributed by atoms with Gasteiger partial charge in [0.1, 0.15) is 11.9 Å². The first kappa shape index (κ1) is 14.4. The van der Waals surface area contributed by atoms with Crippen molar-refractivity contribution < 1.29 is 9.52 Å². The molecule has 1 aromatic heterocycles. The van der Waals surface area contributed by atoms with E-state index in [1.54, 1.807) is 30.5 Å². The van der Waals surface area contributed by atoms with Crippen molar-refractivity contribution in [3.05, 3.63) is 57.5 Å². The zero-order chi connectivity index (χ0) is 14.0. The number of rotatable bonds is 4. The van der Waals surface area contributed by atoms with Gasteiger partial charge in [0.05, 0.1) is 6.26 Å². The van der Waals surface area contributed by atoms with Gasteiger partial charge >= 0.3 is 0 Å². The molecule has 0 bridgehead atoms. The van der Waals surface area contributed by atoms with Gasteiger partial charge in [0, 0.05) is 22.5 Å². The molecule has 2 atom stereocenters. The van der Waals surface area contributed by atoms with Crippen LogP contribution in [-0.4, -0.2) is 11.7 Å². The summed E-state index contributed by atoms with van der Waals surface area (Å²) in [5.41, 5.74) is 7.42. The molecule has 0 aliphatic carbocycles. The molecule has 3 nitrogen and oxygen atoms in total. The molecule has 2 rings (SSSR count). The predicted octanol–water partition coefficient (Wildman–Crippen LogP) is 3.67. The number of hydrogen-bond acceptors (Lipinski definition) is 3. The summed E-state index contributed by atoms with van der Waals surface area (Å²) in [5.74, 6) is 0.177. The largest absolute Gasteiger partial charge is 0.466 e. The first-order chi connectivity index (χ1) is 9.04. The van der Waals surface area contributed by atoms with Gasteiger partial charge in [-0.25, -0.2) is 0 Å². The van der Waals surface area contributed by atoms with Crippen molar-refractivity contribution in [1.82, 2.24) is 0 Å². The Hall–Kier alpha value is -1.000. The minimum absolute atomic E-state index is 0.253. The van der Waals surface area contributed by atoms with Crippen molar-refractivity contribution >= 4 is 23.2 Å². The Balaban J connectivity index is 2.37. The zero-order valence-corrected chi connectivity index (χ0v) is 11.9. The molecule has 2 aromatic rings. The van der Waals surface area contributed by atoms with Crippen LogP contribution in [0.4, 0.5) is 0 Å². The van der Waals surface area contributed by atoms with E-state index < -0.39 is 6.10 Å². The van der Waals surface area contributed by atoms with Gasteiger partial charge in [0.2, 0.25) is 0 Å². The molecule has 19 heavy (non-hydrogen) atoms. The smallest absolute Gasteiger partial charge is 0.135 e. The lowest BCUT2D eigenvalue weighted by atomic mass is 9.91. The fraction of sp³-hybridized carbons (Fsp3) is 0.286. The summed E-state index contributed by atoms with van der Waals surface area (Å²) in [6.07, 6.45) is 0.712. The summed E-state index contributed by atoms with van der Waals surface area (Å²) in [5, 5.41) is 11.5. The van der Waals surface area contributed by atoms with E-state index >= 15 is 0 Å². The van der Waals surface area contributed by atoms with Crippen LogP contribution in [0.5, 0.6) is 0 Å². The molecule has 0 fully saturated rings. The highest BCUT2D eigenvalue weighted by atomic mass is 35.5. The Morgan fingerprint density at radius 3 is 2.58 bits per heavy atom. The van der Waals surface area contributed by atoms with Crippen molar-refractivity contribution in [2.75, 3.05) is 6.54 Å². The summed E-state index contributed by atoms with van der Waals surface area (Å²) in [6, 6.07) is 6.95. The van der Waals surface area contributed by atoms with Crippen molar-refractivity contribution in [2.45, 2.75) is 18.9 Å². The highest BCUT2D eigenvalue weighted by molar-refractivity contribution is 6.35. The van der Waals surface area contributed by atoms with Gasteiger partial charge in [0.25, 0.3) is 0 Å². The lowest BCUT2D eigenvalue weighted by molar-refractivity contribution is 0.121. The van der Waals surface area contributed by atoms with Crippen LogP contribution in [0.3, 0.4) is 0 Å². The number of furan rings is 1. The molecule has 102 valence electrons. The SMILES string of the molecule is Cc1ccoc1C(O)C(CN)c1ccc(Cl)cc1Cl. The molecule has 0 radical (unpaired) electrons. The summed E-state index contributed by atoms with van der Waals surface area (Å²) >= 11 is 12.0. The fourth-order valence-electron chi connectivity index (χ4n) is 2.10. The van der Waals surface area contributed by atoms with Gasteiger partial charge < -0.3 is 15.3 Å². The molecule has 1 heterocycles. The van der Waals surface area contributed by atoms with E-state index in [4.69, 9.17) is 33.4 Å². The summed E-state index contributed by atoms with van der Waals surface area (Å²) in [7, 11) is 0. The van der Waals surface area contributed by atoms with Gasteiger partial charge in [0.15, 0.2) is 0 Å². The van der Waals surface area contributed by atoms with Crippen molar-refractivity contribution in [3.8, 4) is 0 Å². The molecule has 0 aliphatic rings. The molecule has 0 amide bonds. The maximum atomic E-state index is 10.4. The monoisotopic (exact) mass is 299 g/mol. The Morgan fingerprint density at radius 2 is 2.05 bits per heavy atom. The van der Waals surface area contributed by atoms with Gasteiger partial charge in [-0.2, -0.15) is 0 Å². The molecule has 2 unspecified atom stereocenters. The maximum absolute atomic E-state index is 10.4. The minimum atomic E-state index is -0.835. The van der Waals surface area contributed by atoms with Crippen LogP contribution >= 0.6 is 23.2 Å². The van der Waals surface area contributed by atoms with E-state index in [0.717, 1.165) is 11.1 Å². The number of nitrogens with two attached hydrogens (primary N) is 1. The van der Waals surface area contributed by atoms with Crippen LogP contribution < -0.4 is 5.73 Å². The van der Waals surface area contributed by atoms with E-state index in [2.05, 4.69) is 0 Å². The Bertz CT molecular complexity index is 568. The molecule has 1 aromatic carbocycles. The number of hydrogen-bond donors (Lipinski definition) is 2. The van der Waals surface area contributed by atoms with E-state index in [1.807, 2.05) is 6.92 Å². The summed E-state index contributed by atoms with van der Waals surface area (Å²) in [6.45, 7) is 2.13. The minimum Gasteiger partial charge on any atom is -0.466 e. The summed E-state index contributed by atoms with van der Waals surface area (Å²) in [4.78, 5) is 0. The van der Waals surface area contributed by atoms with E-state index in [0.29, 0.717) is 15.8 Å². The Kier molecular flexibility index (Phi) is 4.53. The van der Waals surface area contributed by atoms with Gasteiger partial charge in [-0.1, -0.05) is 29.3 Å². The van der Waals surface area contributed by atoms with Crippen LogP contribution in [-0.2, 0) is 0 Å². The average molecular weight is 300 g/mol. The Labute approximate surface area is 121 Å². The highest BCUT2D eigenvalue weighted by Gasteiger charge is 2.27. The molecular formula is C14H15Cl2NO2. The third-order valence-corrected chi connectivity index (χ3v) is 3.73. The number of aryl methyl sites for hydroxylation is 1. The predicted molar refractivity (Wildman–Crippen MR) is 76.7 cm³/mol. The lowest BCUT2D eigenvalue weighted by Crippen LogP contribution is -2.20. The second-order valence-electron chi connectivity index (χ2n) is 4.42. The maximum Gasteiger partial charge on any atom is 0.135 e. The van der Waals surface area contributed by atoms with Crippen LogP contribution in [0.2, 0.25) is 10.0 Å². The summed E-state index contributed by atoms with van der Waals surface area (Å²) < 4.78 is 5.32. The molecule has 0 spiro atoms. The van der Waals surface area contributed by atoms with Crippen LogP contribution in [0.1, 0.15) is 28.9 Å². The standard InChI is InChI=1S/C14H15Cl2NO2/c1-8-4-5-19-14(8)13(18)11(7-17)10-3-2-9(15)6-12(10)16/h2-6,11,13,18H,7,17H2,1H3. The number of benzene rings is 1. The molecule has 0 aliphatic heterocycles. The van der Waals surface area contributed by atoms with Gasteiger partial charge in [-0.15, -0.1) is 0 Å². The van der Waals surface area contributed by atoms with Crippen molar-refractivity contribution in [3.63, 3.8) is 0 Å². The fourth-order valence-corrected chi connectivity index (χ4v) is 2.65. The lowest BCUT2D eigenvalue weighted by Gasteiger charge is -2.22. The third-order valence-electron chi connectivity index (χ3n) is 3.17. The van der Waals surface area contributed by atoms with E-state index in [-0.39, 0.29) is 12.5 Å². The quantitative estimate of drug-likeness (QED) is 0.905. The first-order valence-corrected chi connectivity index (χ1v) is 6.67. The number of aliphatic hydroxyl groups excluding tert-OH is 1. The van der Waals surface area contributed by atoms with Gasteiger partial charge in [-0.05, 0) is 36.2 Å². The highest BCUT2D eigenvalue weighted by Crippen LogP contribution is 2.36. The van der Waals surface area contributed by atoms with Crippen molar-refractivity contribution in [2.24, 2.45) is 5.73 Å². The molecule has 0 saturated heterocycles. The zero-order valence-electron chi connectivity index (χ0n) is 10.4. The topological polar surface area (TPSA) is 59.4 Å². The second-order valence-corrected chi connectivity index (χ2v) is 5.26. The molecule has 0 saturated carbocycles. The number of halogens is 2. The van der Waals surface area contributed by atoms with Crippen LogP contribution in [0.25, 0.3) is 0 Å². The Morgan fingerprint density at radius 1 is 1.32 bits per heavy atom. The van der Waals surface area contributed by atoms with E-state index in [9.17, 15) is 5.11 Å².